The molecule has 0 aliphatic rings. The van der Waals surface area contributed by atoms with Crippen LogP contribution in [0, 0.1) is 0 Å². The van der Waals surface area contributed by atoms with E-state index in [1.807, 2.05) is 43.3 Å². The molecular formula is C12H19NO2S. The van der Waals surface area contributed by atoms with Gasteiger partial charge in [-0.1, -0.05) is 12.1 Å². The molecule has 0 aromatic heterocycles. The van der Waals surface area contributed by atoms with Crippen LogP contribution in [0.4, 0.5) is 5.69 Å². The normalized spacial score (nSPS) is 14.6. The number of benzene rings is 1. The Kier molecular flexibility index (Phi) is 5.12. The van der Waals surface area contributed by atoms with Crippen molar-refractivity contribution in [1.82, 2.24) is 0 Å². The molecular weight excluding hydrogens is 222 g/mol. The SMILES string of the molecule is CN(C)c1cccc(C(O)C(O)CCS)c1. The summed E-state index contributed by atoms with van der Waals surface area (Å²) in [6.45, 7) is 0. The molecule has 0 radical (unpaired) electrons. The topological polar surface area (TPSA) is 43.7 Å². The average Bonchev–Trinajstić information content (AvgIpc) is 2.28. The highest BCUT2D eigenvalue weighted by molar-refractivity contribution is 7.80. The van der Waals surface area contributed by atoms with Gasteiger partial charge in [-0.3, -0.25) is 0 Å². The number of nitrogens with zero attached hydrogens (tertiary/aromatic N) is 1. The zero-order chi connectivity index (χ0) is 12.1. The Bertz CT molecular complexity index is 331. The molecule has 0 amide bonds. The van der Waals surface area contributed by atoms with Gasteiger partial charge in [-0.15, -0.1) is 0 Å². The van der Waals surface area contributed by atoms with Crippen molar-refractivity contribution in [1.29, 1.82) is 0 Å². The Morgan fingerprint density at radius 1 is 1.31 bits per heavy atom. The van der Waals surface area contributed by atoms with Gasteiger partial charge in [-0.2, -0.15) is 12.6 Å². The van der Waals surface area contributed by atoms with Gasteiger partial charge in [0.2, 0.25) is 0 Å². The summed E-state index contributed by atoms with van der Waals surface area (Å²) in [6.07, 6.45) is -1.11. The molecule has 0 heterocycles. The van der Waals surface area contributed by atoms with E-state index in [1.54, 1.807) is 0 Å². The van der Waals surface area contributed by atoms with Crippen molar-refractivity contribution in [2.45, 2.75) is 18.6 Å². The van der Waals surface area contributed by atoms with Crippen LogP contribution in [0.1, 0.15) is 18.1 Å². The first-order valence-electron chi connectivity index (χ1n) is 5.30. The second-order valence-electron chi connectivity index (χ2n) is 4.01. The minimum atomic E-state index is -0.841. The van der Waals surface area contributed by atoms with E-state index in [0.717, 1.165) is 11.3 Å². The zero-order valence-electron chi connectivity index (χ0n) is 9.67. The monoisotopic (exact) mass is 241 g/mol. The number of aliphatic hydroxyl groups is 2. The predicted octanol–water partition coefficient (Wildman–Crippen LogP) is 1.47. The molecule has 90 valence electrons. The van der Waals surface area contributed by atoms with Crippen molar-refractivity contribution in [2.75, 3.05) is 24.7 Å². The molecule has 0 saturated carbocycles. The van der Waals surface area contributed by atoms with Crippen LogP contribution in [0.15, 0.2) is 24.3 Å². The second-order valence-corrected chi connectivity index (χ2v) is 4.46. The Hall–Kier alpha value is -0.710. The molecule has 3 nitrogen and oxygen atoms in total. The van der Waals surface area contributed by atoms with Gasteiger partial charge in [0.25, 0.3) is 0 Å². The largest absolute Gasteiger partial charge is 0.390 e. The standard InChI is InChI=1S/C12H19NO2S/c1-13(2)10-5-3-4-9(8-10)12(15)11(14)6-7-16/h3-5,8,11-12,14-16H,6-7H2,1-2H3. The molecule has 0 saturated heterocycles. The summed E-state index contributed by atoms with van der Waals surface area (Å²) < 4.78 is 0. The second kappa shape index (κ2) is 6.13. The lowest BCUT2D eigenvalue weighted by Crippen LogP contribution is -2.19. The van der Waals surface area contributed by atoms with Gasteiger partial charge in [-0.25, -0.2) is 0 Å². The third-order valence-corrected chi connectivity index (χ3v) is 2.78. The maximum Gasteiger partial charge on any atom is 0.105 e. The average molecular weight is 241 g/mol. The molecule has 0 aliphatic heterocycles. The highest BCUT2D eigenvalue weighted by Crippen LogP contribution is 2.23. The summed E-state index contributed by atoms with van der Waals surface area (Å²) in [5.74, 6) is 0.561. The highest BCUT2D eigenvalue weighted by Gasteiger charge is 2.17. The maximum atomic E-state index is 9.92. The highest BCUT2D eigenvalue weighted by atomic mass is 32.1. The molecule has 2 atom stereocenters. The molecule has 0 spiro atoms. The third kappa shape index (κ3) is 3.40. The van der Waals surface area contributed by atoms with Crippen LogP contribution in [-0.4, -0.2) is 36.2 Å². The number of thiol groups is 1. The quantitative estimate of drug-likeness (QED) is 0.684. The Morgan fingerprint density at radius 3 is 2.56 bits per heavy atom. The summed E-state index contributed by atoms with van der Waals surface area (Å²) in [5.41, 5.74) is 1.75. The summed E-state index contributed by atoms with van der Waals surface area (Å²) in [7, 11) is 3.88. The summed E-state index contributed by atoms with van der Waals surface area (Å²) >= 11 is 4.04. The molecule has 2 unspecified atom stereocenters. The van der Waals surface area contributed by atoms with E-state index in [0.29, 0.717) is 12.2 Å². The first-order chi connectivity index (χ1) is 7.56. The Balaban J connectivity index is 2.82. The number of anilines is 1. The van der Waals surface area contributed by atoms with Crippen molar-refractivity contribution in [3.05, 3.63) is 29.8 Å². The number of aliphatic hydroxyl groups excluding tert-OH is 2. The van der Waals surface area contributed by atoms with Gasteiger partial charge in [0.05, 0.1) is 6.10 Å². The van der Waals surface area contributed by atoms with Crippen molar-refractivity contribution < 1.29 is 10.2 Å². The Morgan fingerprint density at radius 2 is 2.00 bits per heavy atom. The van der Waals surface area contributed by atoms with E-state index in [1.165, 1.54) is 0 Å². The Labute approximate surface area is 102 Å². The lowest BCUT2D eigenvalue weighted by atomic mass is 10.0. The van der Waals surface area contributed by atoms with Gasteiger partial charge >= 0.3 is 0 Å². The molecule has 1 aromatic rings. The van der Waals surface area contributed by atoms with Crippen molar-refractivity contribution in [2.24, 2.45) is 0 Å². The van der Waals surface area contributed by atoms with Gasteiger partial charge in [0.15, 0.2) is 0 Å². The fraction of sp³-hybridized carbons (Fsp3) is 0.500. The van der Waals surface area contributed by atoms with Crippen LogP contribution in [-0.2, 0) is 0 Å². The van der Waals surface area contributed by atoms with Crippen molar-refractivity contribution in [3.8, 4) is 0 Å². The van der Waals surface area contributed by atoms with E-state index in [2.05, 4.69) is 12.6 Å². The summed E-state index contributed by atoms with van der Waals surface area (Å²) in [4.78, 5) is 1.96. The van der Waals surface area contributed by atoms with Crippen LogP contribution >= 0.6 is 12.6 Å². The van der Waals surface area contributed by atoms with E-state index < -0.39 is 12.2 Å². The lowest BCUT2D eigenvalue weighted by Gasteiger charge is -2.19. The first-order valence-corrected chi connectivity index (χ1v) is 5.93. The van der Waals surface area contributed by atoms with Crippen molar-refractivity contribution >= 4 is 18.3 Å². The summed E-state index contributed by atoms with van der Waals surface area (Å²) in [5, 5.41) is 19.6. The minimum absolute atomic E-state index is 0.483. The molecule has 1 rings (SSSR count). The predicted molar refractivity (Wildman–Crippen MR) is 70.2 cm³/mol. The molecule has 0 bridgehead atoms. The zero-order valence-corrected chi connectivity index (χ0v) is 10.6. The molecule has 16 heavy (non-hydrogen) atoms. The molecule has 0 aliphatic carbocycles. The fourth-order valence-corrected chi connectivity index (χ4v) is 1.76. The molecule has 4 heteroatoms. The maximum absolute atomic E-state index is 9.92. The van der Waals surface area contributed by atoms with Gasteiger partial charge in [0, 0.05) is 19.8 Å². The third-order valence-electron chi connectivity index (χ3n) is 2.52. The first kappa shape index (κ1) is 13.4. The summed E-state index contributed by atoms with van der Waals surface area (Å²) in [6, 6.07) is 7.54. The fourth-order valence-electron chi connectivity index (χ4n) is 1.50. The van der Waals surface area contributed by atoms with Crippen LogP contribution in [0.3, 0.4) is 0 Å². The minimum Gasteiger partial charge on any atom is -0.390 e. The number of hydrogen-bond donors (Lipinski definition) is 3. The van der Waals surface area contributed by atoms with Crippen LogP contribution in [0.5, 0.6) is 0 Å². The molecule has 2 N–H and O–H groups in total. The van der Waals surface area contributed by atoms with Crippen molar-refractivity contribution in [3.63, 3.8) is 0 Å². The smallest absolute Gasteiger partial charge is 0.105 e. The van der Waals surface area contributed by atoms with E-state index in [-0.39, 0.29) is 0 Å². The van der Waals surface area contributed by atoms with Crippen LogP contribution in [0.25, 0.3) is 0 Å². The molecule has 1 aromatic carbocycles. The molecule has 0 fully saturated rings. The van der Waals surface area contributed by atoms with E-state index >= 15 is 0 Å². The number of hydrogen-bond acceptors (Lipinski definition) is 4. The van der Waals surface area contributed by atoms with Gasteiger partial charge in [0.1, 0.15) is 6.10 Å². The van der Waals surface area contributed by atoms with Crippen LogP contribution in [0.2, 0.25) is 0 Å². The van der Waals surface area contributed by atoms with E-state index in [9.17, 15) is 10.2 Å². The van der Waals surface area contributed by atoms with E-state index in [4.69, 9.17) is 0 Å². The number of rotatable bonds is 5. The van der Waals surface area contributed by atoms with Gasteiger partial charge in [-0.05, 0) is 29.9 Å². The van der Waals surface area contributed by atoms with Gasteiger partial charge < -0.3 is 15.1 Å². The lowest BCUT2D eigenvalue weighted by molar-refractivity contribution is 0.0173. The van der Waals surface area contributed by atoms with Crippen LogP contribution < -0.4 is 4.90 Å².